The molecule has 3 nitrogen and oxygen atoms in total. The van der Waals surface area contributed by atoms with E-state index in [-0.39, 0.29) is 0 Å². The van der Waals surface area contributed by atoms with Gasteiger partial charge in [-0.05, 0) is 29.5 Å². The Morgan fingerprint density at radius 1 is 1.29 bits per heavy atom. The van der Waals surface area contributed by atoms with Gasteiger partial charge < -0.3 is 5.11 Å². The zero-order valence-electron chi connectivity index (χ0n) is 10.00. The van der Waals surface area contributed by atoms with Gasteiger partial charge in [0.05, 0.1) is 5.69 Å². The van der Waals surface area contributed by atoms with Crippen molar-refractivity contribution in [3.63, 3.8) is 0 Å². The van der Waals surface area contributed by atoms with Crippen LogP contribution in [-0.4, -0.2) is 20.6 Å². The number of thioether (sulfide) groups is 1. The highest BCUT2D eigenvalue weighted by Crippen LogP contribution is 2.23. The number of benzene rings is 1. The SMILES string of the molecule is CCSc1ccc(C(O)c2ccn(C)n2)cc1. The predicted molar refractivity (Wildman–Crippen MR) is 70.1 cm³/mol. The van der Waals surface area contributed by atoms with Crippen molar-refractivity contribution in [2.24, 2.45) is 7.05 Å². The van der Waals surface area contributed by atoms with Crippen molar-refractivity contribution in [2.45, 2.75) is 17.9 Å². The average molecular weight is 248 g/mol. The van der Waals surface area contributed by atoms with Crippen LogP contribution in [0.15, 0.2) is 41.4 Å². The lowest BCUT2D eigenvalue weighted by Gasteiger charge is -2.08. The highest BCUT2D eigenvalue weighted by atomic mass is 32.2. The van der Waals surface area contributed by atoms with E-state index in [1.165, 1.54) is 4.90 Å². The standard InChI is InChI=1S/C13H16N2OS/c1-3-17-11-6-4-10(5-7-11)13(16)12-8-9-15(2)14-12/h4-9,13,16H,3H2,1-2H3. The normalized spacial score (nSPS) is 12.6. The first-order valence-electron chi connectivity index (χ1n) is 5.61. The van der Waals surface area contributed by atoms with Crippen LogP contribution < -0.4 is 0 Å². The quantitative estimate of drug-likeness (QED) is 0.845. The van der Waals surface area contributed by atoms with Crippen LogP contribution in [-0.2, 0) is 7.05 Å². The molecule has 1 unspecified atom stereocenters. The summed E-state index contributed by atoms with van der Waals surface area (Å²) in [5.41, 5.74) is 1.56. The molecule has 0 saturated heterocycles. The minimum Gasteiger partial charge on any atom is -0.382 e. The number of rotatable bonds is 4. The molecule has 0 aliphatic rings. The molecule has 0 fully saturated rings. The number of aryl methyl sites for hydroxylation is 1. The lowest BCUT2D eigenvalue weighted by atomic mass is 10.1. The second-order valence-electron chi connectivity index (χ2n) is 3.82. The molecule has 0 bridgehead atoms. The van der Waals surface area contributed by atoms with E-state index in [2.05, 4.69) is 12.0 Å². The maximum Gasteiger partial charge on any atom is 0.123 e. The molecular weight excluding hydrogens is 232 g/mol. The molecular formula is C13H16N2OS. The van der Waals surface area contributed by atoms with Gasteiger partial charge in [-0.25, -0.2) is 0 Å². The highest BCUT2D eigenvalue weighted by molar-refractivity contribution is 7.99. The maximum atomic E-state index is 10.1. The molecule has 1 aromatic carbocycles. The third kappa shape index (κ3) is 2.90. The first-order valence-corrected chi connectivity index (χ1v) is 6.59. The monoisotopic (exact) mass is 248 g/mol. The smallest absolute Gasteiger partial charge is 0.123 e. The Morgan fingerprint density at radius 2 is 2.00 bits per heavy atom. The number of aliphatic hydroxyl groups is 1. The van der Waals surface area contributed by atoms with E-state index in [4.69, 9.17) is 0 Å². The molecule has 0 amide bonds. The lowest BCUT2D eigenvalue weighted by molar-refractivity contribution is 0.214. The van der Waals surface area contributed by atoms with Crippen LogP contribution >= 0.6 is 11.8 Å². The second kappa shape index (κ2) is 5.38. The summed E-state index contributed by atoms with van der Waals surface area (Å²) in [5, 5.41) is 14.4. The van der Waals surface area contributed by atoms with Gasteiger partial charge in [0.2, 0.25) is 0 Å². The summed E-state index contributed by atoms with van der Waals surface area (Å²) in [6.45, 7) is 2.13. The molecule has 1 atom stereocenters. The number of aromatic nitrogens is 2. The van der Waals surface area contributed by atoms with Crippen LogP contribution in [0.2, 0.25) is 0 Å². The van der Waals surface area contributed by atoms with Gasteiger partial charge in [-0.15, -0.1) is 11.8 Å². The molecule has 1 N–H and O–H groups in total. The molecule has 4 heteroatoms. The zero-order valence-corrected chi connectivity index (χ0v) is 10.8. The predicted octanol–water partition coefficient (Wildman–Crippen LogP) is 2.61. The maximum absolute atomic E-state index is 10.1. The summed E-state index contributed by atoms with van der Waals surface area (Å²) in [6, 6.07) is 9.82. The molecule has 2 aromatic rings. The summed E-state index contributed by atoms with van der Waals surface area (Å²) in [5.74, 6) is 1.06. The third-order valence-electron chi connectivity index (χ3n) is 2.52. The van der Waals surface area contributed by atoms with Gasteiger partial charge in [-0.3, -0.25) is 4.68 Å². The van der Waals surface area contributed by atoms with E-state index in [9.17, 15) is 5.11 Å². The van der Waals surface area contributed by atoms with Gasteiger partial charge in [0.15, 0.2) is 0 Å². The molecule has 1 aromatic heterocycles. The molecule has 0 spiro atoms. The number of aliphatic hydroxyl groups excluding tert-OH is 1. The minimum absolute atomic E-state index is 0.642. The van der Waals surface area contributed by atoms with Crippen molar-refractivity contribution in [2.75, 3.05) is 5.75 Å². The van der Waals surface area contributed by atoms with Gasteiger partial charge in [0, 0.05) is 18.1 Å². The van der Waals surface area contributed by atoms with E-state index >= 15 is 0 Å². The fraction of sp³-hybridized carbons (Fsp3) is 0.308. The van der Waals surface area contributed by atoms with Gasteiger partial charge in [0.25, 0.3) is 0 Å². The Balaban J connectivity index is 2.16. The topological polar surface area (TPSA) is 38.0 Å². The van der Waals surface area contributed by atoms with Crippen LogP contribution in [0.25, 0.3) is 0 Å². The highest BCUT2D eigenvalue weighted by Gasteiger charge is 2.12. The number of nitrogens with zero attached hydrogens (tertiary/aromatic N) is 2. The van der Waals surface area contributed by atoms with Gasteiger partial charge in [-0.2, -0.15) is 5.10 Å². The zero-order chi connectivity index (χ0) is 12.3. The molecule has 1 heterocycles. The van der Waals surface area contributed by atoms with Crippen molar-refractivity contribution in [3.05, 3.63) is 47.8 Å². The molecule has 0 radical (unpaired) electrons. The summed E-state index contributed by atoms with van der Waals surface area (Å²) in [4.78, 5) is 1.23. The fourth-order valence-electron chi connectivity index (χ4n) is 1.66. The Kier molecular flexibility index (Phi) is 3.86. The molecule has 0 aliphatic carbocycles. The van der Waals surface area contributed by atoms with Crippen LogP contribution in [0.1, 0.15) is 24.3 Å². The molecule has 0 saturated carbocycles. The van der Waals surface area contributed by atoms with E-state index in [1.54, 1.807) is 16.4 Å². The van der Waals surface area contributed by atoms with Crippen molar-refractivity contribution >= 4 is 11.8 Å². The Hall–Kier alpha value is -1.26. The Morgan fingerprint density at radius 3 is 2.53 bits per heavy atom. The van der Waals surface area contributed by atoms with Crippen LogP contribution in [0.5, 0.6) is 0 Å². The van der Waals surface area contributed by atoms with Gasteiger partial charge in [0.1, 0.15) is 6.10 Å². The summed E-state index contributed by atoms with van der Waals surface area (Å²) in [7, 11) is 1.84. The third-order valence-corrected chi connectivity index (χ3v) is 3.42. The van der Waals surface area contributed by atoms with E-state index in [1.807, 2.05) is 43.6 Å². The molecule has 90 valence electrons. The van der Waals surface area contributed by atoms with E-state index in [0.717, 1.165) is 11.3 Å². The first kappa shape index (κ1) is 12.2. The average Bonchev–Trinajstić information content (AvgIpc) is 2.76. The number of hydrogen-bond acceptors (Lipinski definition) is 3. The van der Waals surface area contributed by atoms with Crippen LogP contribution in [0, 0.1) is 0 Å². The van der Waals surface area contributed by atoms with Gasteiger partial charge in [-0.1, -0.05) is 19.1 Å². The second-order valence-corrected chi connectivity index (χ2v) is 5.16. The summed E-state index contributed by atoms with van der Waals surface area (Å²) < 4.78 is 1.69. The van der Waals surface area contributed by atoms with Crippen molar-refractivity contribution < 1.29 is 5.11 Å². The summed E-state index contributed by atoms with van der Waals surface area (Å²) >= 11 is 1.79. The van der Waals surface area contributed by atoms with Crippen molar-refractivity contribution in [3.8, 4) is 0 Å². The van der Waals surface area contributed by atoms with Crippen molar-refractivity contribution in [1.29, 1.82) is 0 Å². The fourth-order valence-corrected chi connectivity index (χ4v) is 2.32. The van der Waals surface area contributed by atoms with Crippen LogP contribution in [0.4, 0.5) is 0 Å². The largest absolute Gasteiger partial charge is 0.382 e. The Bertz CT molecular complexity index is 478. The first-order chi connectivity index (χ1) is 8.20. The van der Waals surface area contributed by atoms with Crippen molar-refractivity contribution in [1.82, 2.24) is 9.78 Å². The number of hydrogen-bond donors (Lipinski definition) is 1. The molecule has 17 heavy (non-hydrogen) atoms. The van der Waals surface area contributed by atoms with E-state index in [0.29, 0.717) is 5.69 Å². The minimum atomic E-state index is -0.642. The molecule has 2 rings (SSSR count). The lowest BCUT2D eigenvalue weighted by Crippen LogP contribution is -2.01. The molecule has 0 aliphatic heterocycles. The van der Waals surface area contributed by atoms with Gasteiger partial charge >= 0.3 is 0 Å². The summed E-state index contributed by atoms with van der Waals surface area (Å²) in [6.07, 6.45) is 1.19. The van der Waals surface area contributed by atoms with E-state index < -0.39 is 6.10 Å². The Labute approximate surface area is 105 Å². The van der Waals surface area contributed by atoms with Crippen LogP contribution in [0.3, 0.4) is 0 Å².